The summed E-state index contributed by atoms with van der Waals surface area (Å²) in [5.74, 6) is 1.73. The molecular weight excluding hydrogens is 316 g/mol. The summed E-state index contributed by atoms with van der Waals surface area (Å²) in [5.41, 5.74) is 1.05. The summed E-state index contributed by atoms with van der Waals surface area (Å²) in [5, 5.41) is 11.6. The van der Waals surface area contributed by atoms with E-state index in [0.717, 1.165) is 43.0 Å². The van der Waals surface area contributed by atoms with Gasteiger partial charge in [-0.25, -0.2) is 0 Å². The van der Waals surface area contributed by atoms with Gasteiger partial charge in [-0.05, 0) is 32.3 Å². The standard InChI is InChI=1S/C19H26N4O2/c1-14(18-22-21-17-11-7-4-8-12-23(17)18)20-19(24)15(2)25-13-16-9-5-3-6-10-16/h3,5-6,9-10,14-15H,4,7-8,11-13H2,1-2H3,(H,20,24)/t14-,15+/m0/s1. The van der Waals surface area contributed by atoms with Crippen LogP contribution in [-0.4, -0.2) is 26.8 Å². The minimum atomic E-state index is -0.519. The van der Waals surface area contributed by atoms with Gasteiger partial charge in [-0.3, -0.25) is 4.79 Å². The third-order valence-electron chi connectivity index (χ3n) is 4.60. The van der Waals surface area contributed by atoms with Gasteiger partial charge in [0.25, 0.3) is 0 Å². The number of fused-ring (bicyclic) bond motifs is 1. The molecule has 0 unspecified atom stereocenters. The van der Waals surface area contributed by atoms with Crippen LogP contribution in [0.2, 0.25) is 0 Å². The van der Waals surface area contributed by atoms with Crippen LogP contribution in [0.4, 0.5) is 0 Å². The molecule has 134 valence electrons. The fraction of sp³-hybridized carbons (Fsp3) is 0.526. The summed E-state index contributed by atoms with van der Waals surface area (Å²) in [6.45, 7) is 5.07. The van der Waals surface area contributed by atoms with Crippen molar-refractivity contribution in [3.05, 3.63) is 47.5 Å². The first-order valence-electron chi connectivity index (χ1n) is 9.03. The predicted molar refractivity (Wildman–Crippen MR) is 94.8 cm³/mol. The minimum Gasteiger partial charge on any atom is -0.364 e. The molecule has 0 spiro atoms. The van der Waals surface area contributed by atoms with E-state index in [1.54, 1.807) is 6.92 Å². The molecule has 3 rings (SSSR count). The second-order valence-corrected chi connectivity index (χ2v) is 6.61. The number of carbonyl (C=O) groups is 1. The third kappa shape index (κ3) is 4.45. The smallest absolute Gasteiger partial charge is 0.249 e. The number of rotatable bonds is 6. The van der Waals surface area contributed by atoms with E-state index in [9.17, 15) is 4.79 Å². The van der Waals surface area contributed by atoms with E-state index < -0.39 is 6.10 Å². The van der Waals surface area contributed by atoms with Crippen molar-refractivity contribution in [2.45, 2.75) is 64.8 Å². The number of nitrogens with zero attached hydrogens (tertiary/aromatic N) is 3. The first-order valence-corrected chi connectivity index (χ1v) is 9.03. The molecule has 1 aliphatic heterocycles. The number of benzene rings is 1. The van der Waals surface area contributed by atoms with Crippen LogP contribution in [0.25, 0.3) is 0 Å². The molecule has 0 saturated heterocycles. The first kappa shape index (κ1) is 17.6. The van der Waals surface area contributed by atoms with Gasteiger partial charge in [0.1, 0.15) is 11.9 Å². The number of nitrogens with one attached hydrogen (secondary N) is 1. The Morgan fingerprint density at radius 2 is 2.00 bits per heavy atom. The van der Waals surface area contributed by atoms with Gasteiger partial charge in [0.2, 0.25) is 5.91 Å². The van der Waals surface area contributed by atoms with Crippen molar-refractivity contribution in [2.75, 3.05) is 0 Å². The molecule has 6 heteroatoms. The average molecular weight is 342 g/mol. The maximum absolute atomic E-state index is 12.4. The predicted octanol–water partition coefficient (Wildman–Crippen LogP) is 2.79. The Labute approximate surface area is 148 Å². The molecule has 1 aliphatic rings. The molecule has 0 bridgehead atoms. The molecule has 2 aromatic rings. The summed E-state index contributed by atoms with van der Waals surface area (Å²) in [4.78, 5) is 12.4. The van der Waals surface area contributed by atoms with Crippen molar-refractivity contribution in [1.82, 2.24) is 20.1 Å². The van der Waals surface area contributed by atoms with E-state index in [4.69, 9.17) is 4.74 Å². The minimum absolute atomic E-state index is 0.130. The molecule has 25 heavy (non-hydrogen) atoms. The van der Waals surface area contributed by atoms with Crippen LogP contribution in [-0.2, 0) is 29.1 Å². The highest BCUT2D eigenvalue weighted by Gasteiger charge is 2.22. The highest BCUT2D eigenvalue weighted by molar-refractivity contribution is 5.80. The van der Waals surface area contributed by atoms with Crippen LogP contribution in [0.5, 0.6) is 0 Å². The lowest BCUT2D eigenvalue weighted by Crippen LogP contribution is -2.37. The molecule has 1 amide bonds. The van der Waals surface area contributed by atoms with Crippen LogP contribution in [0.1, 0.15) is 56.4 Å². The maximum Gasteiger partial charge on any atom is 0.249 e. The quantitative estimate of drug-likeness (QED) is 0.876. The van der Waals surface area contributed by atoms with Crippen LogP contribution in [0.3, 0.4) is 0 Å². The summed E-state index contributed by atoms with van der Waals surface area (Å²) >= 11 is 0. The van der Waals surface area contributed by atoms with Crippen molar-refractivity contribution in [2.24, 2.45) is 0 Å². The summed E-state index contributed by atoms with van der Waals surface area (Å²) in [6.07, 6.45) is 3.95. The van der Waals surface area contributed by atoms with Gasteiger partial charge in [0, 0.05) is 13.0 Å². The second-order valence-electron chi connectivity index (χ2n) is 6.61. The summed E-state index contributed by atoms with van der Waals surface area (Å²) in [7, 11) is 0. The molecule has 2 heterocycles. The topological polar surface area (TPSA) is 69.0 Å². The zero-order valence-corrected chi connectivity index (χ0v) is 14.9. The molecule has 0 fully saturated rings. The molecule has 1 N–H and O–H groups in total. The molecule has 0 aliphatic carbocycles. The number of carbonyl (C=O) groups excluding carboxylic acids is 1. The first-order chi connectivity index (χ1) is 12.1. The van der Waals surface area contributed by atoms with Crippen molar-refractivity contribution in [3.63, 3.8) is 0 Å². The van der Waals surface area contributed by atoms with E-state index in [1.807, 2.05) is 37.3 Å². The molecule has 0 radical (unpaired) electrons. The van der Waals surface area contributed by atoms with Crippen LogP contribution < -0.4 is 5.32 Å². The van der Waals surface area contributed by atoms with Crippen LogP contribution in [0, 0.1) is 0 Å². The Morgan fingerprint density at radius 3 is 2.80 bits per heavy atom. The van der Waals surface area contributed by atoms with Crippen molar-refractivity contribution in [1.29, 1.82) is 0 Å². The lowest BCUT2D eigenvalue weighted by molar-refractivity contribution is -0.133. The third-order valence-corrected chi connectivity index (χ3v) is 4.60. The van der Waals surface area contributed by atoms with Gasteiger partial charge in [-0.2, -0.15) is 0 Å². The zero-order chi connectivity index (χ0) is 17.6. The molecule has 1 aromatic carbocycles. The van der Waals surface area contributed by atoms with Crippen LogP contribution in [0.15, 0.2) is 30.3 Å². The molecule has 2 atom stereocenters. The number of hydrogen-bond acceptors (Lipinski definition) is 4. The van der Waals surface area contributed by atoms with Gasteiger partial charge < -0.3 is 14.6 Å². The van der Waals surface area contributed by atoms with Gasteiger partial charge in [0.15, 0.2) is 5.82 Å². The van der Waals surface area contributed by atoms with E-state index in [-0.39, 0.29) is 11.9 Å². The highest BCUT2D eigenvalue weighted by atomic mass is 16.5. The van der Waals surface area contributed by atoms with Crippen molar-refractivity contribution in [3.8, 4) is 0 Å². The Hall–Kier alpha value is -2.21. The van der Waals surface area contributed by atoms with E-state index >= 15 is 0 Å². The highest BCUT2D eigenvalue weighted by Crippen LogP contribution is 2.18. The summed E-state index contributed by atoms with van der Waals surface area (Å²) < 4.78 is 7.85. The number of hydrogen-bond donors (Lipinski definition) is 1. The van der Waals surface area contributed by atoms with Gasteiger partial charge in [0.05, 0.1) is 12.6 Å². The Kier molecular flexibility index (Phi) is 5.81. The largest absolute Gasteiger partial charge is 0.364 e. The fourth-order valence-electron chi connectivity index (χ4n) is 3.09. The van der Waals surface area contributed by atoms with Gasteiger partial charge >= 0.3 is 0 Å². The van der Waals surface area contributed by atoms with E-state index in [2.05, 4.69) is 20.1 Å². The monoisotopic (exact) mass is 342 g/mol. The molecule has 6 nitrogen and oxygen atoms in total. The number of amides is 1. The van der Waals surface area contributed by atoms with Crippen LogP contribution >= 0.6 is 0 Å². The van der Waals surface area contributed by atoms with Crippen molar-refractivity contribution < 1.29 is 9.53 Å². The number of aromatic nitrogens is 3. The number of aryl methyl sites for hydroxylation is 1. The molecule has 0 saturated carbocycles. The fourth-order valence-corrected chi connectivity index (χ4v) is 3.09. The Balaban J connectivity index is 1.56. The van der Waals surface area contributed by atoms with Crippen molar-refractivity contribution >= 4 is 5.91 Å². The Morgan fingerprint density at radius 1 is 1.20 bits per heavy atom. The SMILES string of the molecule is C[C@H](NC(=O)[C@@H](C)OCc1ccccc1)c1nnc2n1CCCCC2. The second kappa shape index (κ2) is 8.25. The molecule has 1 aromatic heterocycles. The maximum atomic E-state index is 12.4. The average Bonchev–Trinajstić information content (AvgIpc) is 2.89. The van der Waals surface area contributed by atoms with E-state index in [1.165, 1.54) is 6.42 Å². The lowest BCUT2D eigenvalue weighted by Gasteiger charge is -2.18. The Bertz CT molecular complexity index is 699. The normalized spacial score (nSPS) is 16.6. The number of ether oxygens (including phenoxy) is 1. The van der Waals surface area contributed by atoms with Gasteiger partial charge in [-0.15, -0.1) is 10.2 Å². The molecular formula is C19H26N4O2. The van der Waals surface area contributed by atoms with Gasteiger partial charge in [-0.1, -0.05) is 36.8 Å². The zero-order valence-electron chi connectivity index (χ0n) is 14.9. The lowest BCUT2D eigenvalue weighted by atomic mass is 10.2. The summed E-state index contributed by atoms with van der Waals surface area (Å²) in [6, 6.07) is 9.67. The van der Waals surface area contributed by atoms with E-state index in [0.29, 0.717) is 6.61 Å².